The number of benzene rings is 3. The average molecular weight is 649 g/mol. The van der Waals surface area contributed by atoms with Crippen LogP contribution in [0.4, 0.5) is 10.2 Å². The van der Waals surface area contributed by atoms with E-state index in [2.05, 4.69) is 16.8 Å². The number of rotatable bonds is 15. The number of aryl methyl sites for hydroxylation is 2. The third-order valence-corrected chi connectivity index (χ3v) is 8.70. The molecule has 0 atom stereocenters. The predicted octanol–water partition coefficient (Wildman–Crippen LogP) is 7.86. The Kier molecular flexibility index (Phi) is 10.9. The van der Waals surface area contributed by atoms with Crippen LogP contribution in [0.25, 0.3) is 32.8 Å². The maximum atomic E-state index is 13.8. The van der Waals surface area contributed by atoms with Crippen LogP contribution in [0.15, 0.2) is 48.5 Å². The van der Waals surface area contributed by atoms with Crippen LogP contribution in [-0.4, -0.2) is 59.3 Å². The van der Waals surface area contributed by atoms with Gasteiger partial charge in [-0.1, -0.05) is 36.7 Å². The van der Waals surface area contributed by atoms with Gasteiger partial charge in [-0.25, -0.2) is 9.18 Å². The van der Waals surface area contributed by atoms with Gasteiger partial charge in [0.15, 0.2) is 5.82 Å². The van der Waals surface area contributed by atoms with Gasteiger partial charge in [-0.3, -0.25) is 4.68 Å². The van der Waals surface area contributed by atoms with Gasteiger partial charge in [0.2, 0.25) is 0 Å². The summed E-state index contributed by atoms with van der Waals surface area (Å²) in [6.45, 7) is 5.50. The highest BCUT2D eigenvalue weighted by Crippen LogP contribution is 2.43. The molecule has 0 amide bonds. The molecule has 5 aromatic rings. The summed E-state index contributed by atoms with van der Waals surface area (Å²) < 4.78 is 27.3. The summed E-state index contributed by atoms with van der Waals surface area (Å²) in [5.74, 6) is 0.794. The van der Waals surface area contributed by atoms with E-state index in [-0.39, 0.29) is 19.0 Å². The van der Waals surface area contributed by atoms with Gasteiger partial charge < -0.3 is 24.5 Å². The van der Waals surface area contributed by atoms with E-state index in [1.807, 2.05) is 49.1 Å². The number of unbranched alkanes of at least 4 members (excludes halogenated alkanes) is 2. The van der Waals surface area contributed by atoms with Crippen LogP contribution < -0.4 is 9.64 Å². The summed E-state index contributed by atoms with van der Waals surface area (Å²) in [6.07, 6.45) is 4.53. The lowest BCUT2D eigenvalue weighted by molar-refractivity contribution is 0.0519. The van der Waals surface area contributed by atoms with Crippen molar-refractivity contribution in [1.29, 1.82) is 0 Å². The molecule has 0 unspecified atom stereocenters. The number of aromatic amines is 1. The van der Waals surface area contributed by atoms with Crippen molar-refractivity contribution in [2.45, 2.75) is 52.4 Å². The van der Waals surface area contributed by atoms with Crippen LogP contribution in [0.2, 0.25) is 5.02 Å². The molecular formula is C36H42ClFN4O4. The van der Waals surface area contributed by atoms with Gasteiger partial charge in [-0.15, -0.1) is 0 Å². The number of halogens is 2. The summed E-state index contributed by atoms with van der Waals surface area (Å²) in [5, 5.41) is 17.2. The van der Waals surface area contributed by atoms with Gasteiger partial charge in [0.1, 0.15) is 17.3 Å². The molecule has 0 spiro atoms. The first-order valence-electron chi connectivity index (χ1n) is 16.0. The average Bonchev–Trinajstić information content (AvgIpc) is 3.58. The van der Waals surface area contributed by atoms with Crippen LogP contribution in [0, 0.1) is 5.82 Å². The van der Waals surface area contributed by atoms with Crippen molar-refractivity contribution in [3.8, 4) is 16.9 Å². The molecule has 0 saturated carbocycles. The third kappa shape index (κ3) is 6.86. The molecule has 0 bridgehead atoms. The maximum Gasteiger partial charge on any atom is 0.355 e. The van der Waals surface area contributed by atoms with E-state index >= 15 is 0 Å². The summed E-state index contributed by atoms with van der Waals surface area (Å²) in [4.78, 5) is 18.8. The Hall–Kier alpha value is -4.08. The van der Waals surface area contributed by atoms with Crippen LogP contribution >= 0.6 is 11.6 Å². The highest BCUT2D eigenvalue weighted by molar-refractivity contribution is 6.35. The molecule has 0 aliphatic carbocycles. The Morgan fingerprint density at radius 2 is 1.87 bits per heavy atom. The smallest absolute Gasteiger partial charge is 0.355 e. The molecular weight excluding hydrogens is 607 g/mol. The van der Waals surface area contributed by atoms with Crippen LogP contribution in [-0.2, 0) is 24.6 Å². The Balaban J connectivity index is 1.51. The Labute approximate surface area is 274 Å². The van der Waals surface area contributed by atoms with E-state index in [4.69, 9.17) is 26.2 Å². The van der Waals surface area contributed by atoms with Crippen molar-refractivity contribution >= 4 is 45.1 Å². The number of nitrogens with one attached hydrogen (secondary N) is 1. The number of aromatic nitrogens is 3. The van der Waals surface area contributed by atoms with E-state index in [9.17, 15) is 14.3 Å². The molecule has 5 rings (SSSR count). The minimum absolute atomic E-state index is 0.185. The lowest BCUT2D eigenvalue weighted by atomic mass is 9.98. The number of hydrogen-bond donors (Lipinski definition) is 2. The van der Waals surface area contributed by atoms with Gasteiger partial charge >= 0.3 is 5.97 Å². The predicted molar refractivity (Wildman–Crippen MR) is 183 cm³/mol. The van der Waals surface area contributed by atoms with E-state index in [1.54, 1.807) is 13.0 Å². The van der Waals surface area contributed by atoms with Crippen molar-refractivity contribution in [1.82, 2.24) is 14.8 Å². The largest absolute Gasteiger partial charge is 0.493 e. The normalized spacial score (nSPS) is 11.5. The number of hydrogen-bond acceptors (Lipinski definition) is 6. The first-order valence-corrected chi connectivity index (χ1v) is 16.4. The summed E-state index contributed by atoms with van der Waals surface area (Å²) >= 11 is 6.99. The number of aliphatic hydroxyl groups excluding tert-OH is 1. The van der Waals surface area contributed by atoms with Crippen molar-refractivity contribution in [2.75, 3.05) is 38.3 Å². The lowest BCUT2D eigenvalue weighted by Gasteiger charge is -2.19. The molecule has 244 valence electrons. The van der Waals surface area contributed by atoms with Crippen molar-refractivity contribution < 1.29 is 23.8 Å². The van der Waals surface area contributed by atoms with Crippen LogP contribution in [0.5, 0.6) is 5.75 Å². The summed E-state index contributed by atoms with van der Waals surface area (Å²) in [7, 11) is 3.96. The maximum absolute atomic E-state index is 13.8. The van der Waals surface area contributed by atoms with Gasteiger partial charge in [0.25, 0.3) is 0 Å². The highest BCUT2D eigenvalue weighted by Gasteiger charge is 2.27. The SMILES string of the molecule is CCOC(=O)c1[nH]c2c(-c3c(N(C)CCCCCO)nn(C)c3CC)c(Cl)ccc2c1CCCOc1cccc2cc(F)ccc12. The topological polar surface area (TPSA) is 92.6 Å². The number of aliphatic hydroxyl groups is 1. The van der Waals surface area contributed by atoms with Gasteiger partial charge in [-0.2, -0.15) is 5.10 Å². The molecule has 2 heterocycles. The van der Waals surface area contributed by atoms with Crippen LogP contribution in [0.3, 0.4) is 0 Å². The minimum atomic E-state index is -0.420. The number of carbonyl (C=O) groups is 1. The first kappa shape index (κ1) is 33.3. The number of nitrogens with zero attached hydrogens (tertiary/aromatic N) is 3. The number of H-pyrrole nitrogens is 1. The second kappa shape index (κ2) is 15.0. The fraction of sp³-hybridized carbons (Fsp3) is 0.389. The Morgan fingerprint density at radius 1 is 1.07 bits per heavy atom. The van der Waals surface area contributed by atoms with Crippen LogP contribution in [0.1, 0.15) is 61.3 Å². The number of fused-ring (bicyclic) bond motifs is 2. The minimum Gasteiger partial charge on any atom is -0.493 e. The van der Waals surface area contributed by atoms with Crippen molar-refractivity contribution in [3.05, 3.63) is 76.3 Å². The quantitative estimate of drug-likeness (QED) is 0.0887. The van der Waals surface area contributed by atoms with E-state index < -0.39 is 5.97 Å². The molecule has 46 heavy (non-hydrogen) atoms. The summed E-state index contributed by atoms with van der Waals surface area (Å²) in [6, 6.07) is 14.1. The highest BCUT2D eigenvalue weighted by atomic mass is 35.5. The molecule has 0 aliphatic heterocycles. The zero-order valence-electron chi connectivity index (χ0n) is 27.0. The lowest BCUT2D eigenvalue weighted by Crippen LogP contribution is -2.20. The van der Waals surface area contributed by atoms with E-state index in [0.717, 1.165) is 82.1 Å². The number of ether oxygens (including phenoxy) is 2. The molecule has 8 nitrogen and oxygen atoms in total. The number of carbonyl (C=O) groups excluding carboxylic acids is 1. The standard InChI is InChI=1S/C36H42ClFN4O4/c1-5-29-32(35(40-42(29)4)41(3)19-8-7-9-20-43)31-28(37)18-17-27-26(34(39-33(27)31)36(44)45-6-2)13-11-21-46-30-14-10-12-23-22-24(38)15-16-25(23)30/h10,12,14-18,22,39,43H,5-9,11,13,19-21H2,1-4H3. The molecule has 0 radical (unpaired) electrons. The fourth-order valence-electron chi connectivity index (χ4n) is 6.17. The Morgan fingerprint density at radius 3 is 2.63 bits per heavy atom. The second-order valence-corrected chi connectivity index (χ2v) is 11.9. The Bertz CT molecular complexity index is 1830. The number of anilines is 1. The molecule has 3 aromatic carbocycles. The molecule has 0 saturated heterocycles. The van der Waals surface area contributed by atoms with Gasteiger partial charge in [0.05, 0.1) is 29.3 Å². The van der Waals surface area contributed by atoms with Gasteiger partial charge in [-0.05, 0) is 86.7 Å². The van der Waals surface area contributed by atoms with Crippen molar-refractivity contribution in [2.24, 2.45) is 7.05 Å². The van der Waals surface area contributed by atoms with E-state index in [0.29, 0.717) is 35.9 Å². The zero-order chi connectivity index (χ0) is 32.8. The molecule has 10 heteroatoms. The first-order chi connectivity index (χ1) is 22.3. The zero-order valence-corrected chi connectivity index (χ0v) is 27.7. The van der Waals surface area contributed by atoms with Crippen molar-refractivity contribution in [3.63, 3.8) is 0 Å². The van der Waals surface area contributed by atoms with E-state index in [1.165, 1.54) is 12.1 Å². The summed E-state index contributed by atoms with van der Waals surface area (Å²) in [5.41, 5.74) is 4.78. The van der Waals surface area contributed by atoms with Gasteiger partial charge in [0, 0.05) is 49.3 Å². The molecule has 2 aromatic heterocycles. The third-order valence-electron chi connectivity index (χ3n) is 8.39. The molecule has 0 fully saturated rings. The molecule has 0 aliphatic rings. The fourth-order valence-corrected chi connectivity index (χ4v) is 6.42. The molecule has 2 N–H and O–H groups in total. The second-order valence-electron chi connectivity index (χ2n) is 11.4. The number of esters is 1. The monoisotopic (exact) mass is 648 g/mol.